The zero-order chi connectivity index (χ0) is 16.5. The molecular formula is C17H24N2O2S. The Morgan fingerprint density at radius 2 is 2.09 bits per heavy atom. The molecule has 4 nitrogen and oxygen atoms in total. The molecule has 5 heteroatoms. The molecule has 0 fully saturated rings. The van der Waals surface area contributed by atoms with E-state index in [1.54, 1.807) is 0 Å². The monoisotopic (exact) mass is 320 g/mol. The standard InChI is InChI=1S/C17H24N2O2S/c1-11(22)18-13-5-6-14-12(9-13)7-8-19(16(20)21)10-15(14)17(2,3)4/h5-6,9,15H,7-8,10H2,1-4H3,(H,18,22)(H,20,21). The molecule has 22 heavy (non-hydrogen) atoms. The van der Waals surface area contributed by atoms with Crippen LogP contribution in [0.5, 0.6) is 0 Å². The van der Waals surface area contributed by atoms with Crippen LogP contribution in [0.15, 0.2) is 18.2 Å². The van der Waals surface area contributed by atoms with E-state index in [0.29, 0.717) is 13.1 Å². The van der Waals surface area contributed by atoms with Crippen LogP contribution >= 0.6 is 12.2 Å². The van der Waals surface area contributed by atoms with E-state index >= 15 is 0 Å². The lowest BCUT2D eigenvalue weighted by Crippen LogP contribution is -2.36. The minimum absolute atomic E-state index is 0.00178. The summed E-state index contributed by atoms with van der Waals surface area (Å²) < 4.78 is 0. The van der Waals surface area contributed by atoms with E-state index < -0.39 is 6.09 Å². The summed E-state index contributed by atoms with van der Waals surface area (Å²) in [5.41, 5.74) is 3.44. The minimum Gasteiger partial charge on any atom is -0.465 e. The van der Waals surface area contributed by atoms with Gasteiger partial charge in [-0.3, -0.25) is 0 Å². The lowest BCUT2D eigenvalue weighted by Gasteiger charge is -2.33. The smallest absolute Gasteiger partial charge is 0.407 e. The van der Waals surface area contributed by atoms with E-state index in [4.69, 9.17) is 12.2 Å². The average Bonchev–Trinajstić information content (AvgIpc) is 2.56. The van der Waals surface area contributed by atoms with Gasteiger partial charge >= 0.3 is 6.09 Å². The summed E-state index contributed by atoms with van der Waals surface area (Å²) in [6, 6.07) is 6.26. The van der Waals surface area contributed by atoms with Gasteiger partial charge in [0.1, 0.15) is 0 Å². The molecule has 1 unspecified atom stereocenters. The quantitative estimate of drug-likeness (QED) is 0.765. The maximum absolute atomic E-state index is 11.4. The van der Waals surface area contributed by atoms with Gasteiger partial charge in [-0.15, -0.1) is 0 Å². The van der Waals surface area contributed by atoms with Crippen LogP contribution in [0.4, 0.5) is 10.5 Å². The van der Waals surface area contributed by atoms with Crippen molar-refractivity contribution >= 4 is 29.0 Å². The number of carboxylic acid groups (broad SMARTS) is 1. The summed E-state index contributed by atoms with van der Waals surface area (Å²) in [6.07, 6.45) is -0.102. The van der Waals surface area contributed by atoms with Gasteiger partial charge in [-0.1, -0.05) is 39.1 Å². The van der Waals surface area contributed by atoms with E-state index in [0.717, 1.165) is 17.1 Å². The third-order valence-electron chi connectivity index (χ3n) is 4.21. The Bertz CT molecular complexity index is 593. The van der Waals surface area contributed by atoms with Crippen molar-refractivity contribution in [1.29, 1.82) is 0 Å². The van der Waals surface area contributed by atoms with Crippen LogP contribution < -0.4 is 5.32 Å². The second-order valence-electron chi connectivity index (χ2n) is 6.99. The molecule has 1 aliphatic heterocycles. The number of hydrogen-bond donors (Lipinski definition) is 2. The van der Waals surface area contributed by atoms with Crippen LogP contribution in [-0.4, -0.2) is 34.2 Å². The van der Waals surface area contributed by atoms with Crippen LogP contribution in [-0.2, 0) is 6.42 Å². The van der Waals surface area contributed by atoms with Crippen molar-refractivity contribution in [2.45, 2.75) is 40.0 Å². The highest BCUT2D eigenvalue weighted by Gasteiger charge is 2.33. The van der Waals surface area contributed by atoms with Gasteiger partial charge in [-0.25, -0.2) is 4.79 Å². The van der Waals surface area contributed by atoms with Crippen molar-refractivity contribution in [2.75, 3.05) is 18.4 Å². The van der Waals surface area contributed by atoms with Crippen molar-refractivity contribution < 1.29 is 9.90 Å². The molecule has 0 aromatic heterocycles. The number of nitrogens with one attached hydrogen (secondary N) is 1. The Morgan fingerprint density at radius 3 is 2.64 bits per heavy atom. The summed E-state index contributed by atoms with van der Waals surface area (Å²) in [6.45, 7) is 9.44. The average molecular weight is 320 g/mol. The van der Waals surface area contributed by atoms with E-state index in [1.807, 2.05) is 13.0 Å². The molecule has 0 saturated heterocycles. The second kappa shape index (κ2) is 6.24. The summed E-state index contributed by atoms with van der Waals surface area (Å²) in [7, 11) is 0. The normalized spacial score (nSPS) is 18.4. The first-order chi connectivity index (χ1) is 10.2. The largest absolute Gasteiger partial charge is 0.465 e. The highest BCUT2D eigenvalue weighted by Crippen LogP contribution is 2.39. The fourth-order valence-electron chi connectivity index (χ4n) is 3.02. The highest BCUT2D eigenvalue weighted by atomic mass is 32.1. The maximum Gasteiger partial charge on any atom is 0.407 e. The number of benzene rings is 1. The lowest BCUT2D eigenvalue weighted by atomic mass is 9.75. The van der Waals surface area contributed by atoms with Gasteiger partial charge in [0.2, 0.25) is 0 Å². The second-order valence-corrected chi connectivity index (χ2v) is 7.60. The third kappa shape index (κ3) is 3.77. The number of hydrogen-bond acceptors (Lipinski definition) is 2. The summed E-state index contributed by atoms with van der Waals surface area (Å²) in [5.74, 6) is 0.184. The zero-order valence-corrected chi connectivity index (χ0v) is 14.5. The topological polar surface area (TPSA) is 52.6 Å². The maximum atomic E-state index is 11.4. The fraction of sp³-hybridized carbons (Fsp3) is 0.529. The molecular weight excluding hydrogens is 296 g/mol. The number of fused-ring (bicyclic) bond motifs is 1. The predicted molar refractivity (Wildman–Crippen MR) is 93.8 cm³/mol. The Hall–Kier alpha value is -1.62. The van der Waals surface area contributed by atoms with Gasteiger partial charge in [0, 0.05) is 24.7 Å². The van der Waals surface area contributed by atoms with Crippen molar-refractivity contribution in [3.8, 4) is 0 Å². The van der Waals surface area contributed by atoms with Crippen LogP contribution in [0.25, 0.3) is 0 Å². The third-order valence-corrected chi connectivity index (χ3v) is 4.31. The van der Waals surface area contributed by atoms with Crippen LogP contribution in [0.2, 0.25) is 0 Å². The molecule has 1 heterocycles. The molecule has 1 aromatic carbocycles. The van der Waals surface area contributed by atoms with Crippen LogP contribution in [0.1, 0.15) is 44.7 Å². The summed E-state index contributed by atoms with van der Waals surface area (Å²) in [4.78, 5) is 13.7. The first-order valence-electron chi connectivity index (χ1n) is 7.57. The van der Waals surface area contributed by atoms with Gasteiger partial charge in [0.05, 0.1) is 4.99 Å². The van der Waals surface area contributed by atoms with Crippen LogP contribution in [0, 0.1) is 5.41 Å². The number of thiocarbonyl (C=S) groups is 1. The fourth-order valence-corrected chi connectivity index (χ4v) is 3.14. The van der Waals surface area contributed by atoms with Gasteiger partial charge in [0.25, 0.3) is 0 Å². The van der Waals surface area contributed by atoms with E-state index in [-0.39, 0.29) is 11.3 Å². The molecule has 1 aromatic rings. The zero-order valence-electron chi connectivity index (χ0n) is 13.6. The molecule has 0 radical (unpaired) electrons. The molecule has 1 amide bonds. The van der Waals surface area contributed by atoms with E-state index in [1.165, 1.54) is 16.0 Å². The van der Waals surface area contributed by atoms with Crippen molar-refractivity contribution in [3.63, 3.8) is 0 Å². The number of nitrogens with zero attached hydrogens (tertiary/aromatic N) is 1. The molecule has 1 aliphatic rings. The predicted octanol–water partition coefficient (Wildman–Crippen LogP) is 4.11. The van der Waals surface area contributed by atoms with Gasteiger partial charge < -0.3 is 15.3 Å². The van der Waals surface area contributed by atoms with Gasteiger partial charge in [-0.05, 0) is 42.0 Å². The van der Waals surface area contributed by atoms with Gasteiger partial charge in [0.15, 0.2) is 0 Å². The summed E-state index contributed by atoms with van der Waals surface area (Å²) in [5, 5.41) is 12.6. The Kier molecular flexibility index (Phi) is 4.75. The number of carbonyl (C=O) groups is 1. The molecule has 0 bridgehead atoms. The summed E-state index contributed by atoms with van der Waals surface area (Å²) >= 11 is 5.10. The van der Waals surface area contributed by atoms with Crippen LogP contribution in [0.3, 0.4) is 0 Å². The highest BCUT2D eigenvalue weighted by molar-refractivity contribution is 7.80. The Balaban J connectivity index is 2.42. The van der Waals surface area contributed by atoms with E-state index in [2.05, 4.69) is 38.2 Å². The SMILES string of the molecule is CC(=S)Nc1ccc2c(c1)CCN(C(=O)O)CC2C(C)(C)C. The number of rotatable bonds is 1. The molecule has 120 valence electrons. The minimum atomic E-state index is -0.838. The molecule has 0 spiro atoms. The Morgan fingerprint density at radius 1 is 1.41 bits per heavy atom. The molecule has 2 N–H and O–H groups in total. The lowest BCUT2D eigenvalue weighted by molar-refractivity contribution is 0.135. The number of anilines is 1. The van der Waals surface area contributed by atoms with Crippen molar-refractivity contribution in [1.82, 2.24) is 4.90 Å². The first kappa shape index (κ1) is 16.7. The van der Waals surface area contributed by atoms with Crippen molar-refractivity contribution in [3.05, 3.63) is 29.3 Å². The van der Waals surface area contributed by atoms with E-state index in [9.17, 15) is 9.90 Å². The molecule has 1 atom stereocenters. The molecule has 0 aliphatic carbocycles. The Labute approximate surface area is 137 Å². The first-order valence-corrected chi connectivity index (χ1v) is 7.97. The number of amides is 1. The molecule has 2 rings (SSSR count). The van der Waals surface area contributed by atoms with Crippen molar-refractivity contribution in [2.24, 2.45) is 5.41 Å². The molecule has 0 saturated carbocycles. The van der Waals surface area contributed by atoms with Gasteiger partial charge in [-0.2, -0.15) is 0 Å².